The number of esters is 1. The first-order valence-electron chi connectivity index (χ1n) is 7.87. The lowest BCUT2D eigenvalue weighted by Gasteiger charge is -2.22. The van der Waals surface area contributed by atoms with E-state index in [4.69, 9.17) is 4.74 Å². The molecule has 1 N–H and O–H groups in total. The summed E-state index contributed by atoms with van der Waals surface area (Å²) in [6.45, 7) is 1.34. The van der Waals surface area contributed by atoms with Crippen LogP contribution in [0.3, 0.4) is 0 Å². The van der Waals surface area contributed by atoms with Gasteiger partial charge in [0.2, 0.25) is 0 Å². The molecule has 1 heterocycles. The summed E-state index contributed by atoms with van der Waals surface area (Å²) in [6.07, 6.45) is 0.690. The number of aromatic nitrogens is 1. The first-order valence-corrected chi connectivity index (χ1v) is 9.54. The number of hydrogen-bond donors (Lipinski definition) is 1. The summed E-state index contributed by atoms with van der Waals surface area (Å²) in [6, 6.07) is 7.14. The van der Waals surface area contributed by atoms with Gasteiger partial charge in [0.15, 0.2) is 5.69 Å². The van der Waals surface area contributed by atoms with Crippen LogP contribution >= 0.6 is 27.3 Å². The average molecular weight is 442 g/mol. The number of para-hydroxylation sites is 1. The molecule has 0 aliphatic rings. The van der Waals surface area contributed by atoms with Crippen molar-refractivity contribution in [3.05, 3.63) is 44.8 Å². The van der Waals surface area contributed by atoms with E-state index in [-0.39, 0.29) is 11.7 Å². The van der Waals surface area contributed by atoms with Crippen molar-refractivity contribution in [1.82, 2.24) is 9.88 Å². The Bertz CT molecular complexity index is 753. The Morgan fingerprint density at radius 3 is 2.77 bits per heavy atom. The van der Waals surface area contributed by atoms with Gasteiger partial charge in [0.05, 0.1) is 19.3 Å². The molecule has 0 saturated carbocycles. The van der Waals surface area contributed by atoms with E-state index in [0.29, 0.717) is 36.8 Å². The van der Waals surface area contributed by atoms with Crippen molar-refractivity contribution in [2.45, 2.75) is 13.0 Å². The highest BCUT2D eigenvalue weighted by Crippen LogP contribution is 2.22. The molecule has 2 aromatic rings. The normalized spacial score (nSPS) is 10.4. The van der Waals surface area contributed by atoms with Crippen LogP contribution in [0.2, 0.25) is 0 Å². The number of benzene rings is 1. The number of rotatable bonds is 8. The highest BCUT2D eigenvalue weighted by molar-refractivity contribution is 9.10. The van der Waals surface area contributed by atoms with E-state index in [1.807, 2.05) is 24.3 Å². The average Bonchev–Trinajstić information content (AvgIpc) is 3.11. The second kappa shape index (κ2) is 10.2. The van der Waals surface area contributed by atoms with Crippen LogP contribution in [0.4, 0.5) is 10.5 Å². The molecule has 1 aromatic carbocycles. The molecule has 7 nitrogen and oxygen atoms in total. The highest BCUT2D eigenvalue weighted by atomic mass is 79.9. The number of urea groups is 1. The van der Waals surface area contributed by atoms with Gasteiger partial charge in [0.25, 0.3) is 0 Å². The lowest BCUT2D eigenvalue weighted by Crippen LogP contribution is -2.35. The van der Waals surface area contributed by atoms with Crippen molar-refractivity contribution in [2.75, 3.05) is 32.7 Å². The van der Waals surface area contributed by atoms with Crippen LogP contribution in [0, 0.1) is 0 Å². The molecule has 0 atom stereocenters. The summed E-state index contributed by atoms with van der Waals surface area (Å²) < 4.78 is 10.5. The number of thiazole rings is 1. The van der Waals surface area contributed by atoms with Crippen LogP contribution in [-0.2, 0) is 16.0 Å². The SMILES string of the molecule is COCCCN(Cc1nc(C(=O)OC)cs1)C(=O)Nc1ccccc1Br. The number of nitrogens with zero attached hydrogens (tertiary/aromatic N) is 2. The third-order valence-electron chi connectivity index (χ3n) is 3.45. The fraction of sp³-hybridized carbons (Fsp3) is 0.353. The fourth-order valence-electron chi connectivity index (χ4n) is 2.15. The van der Waals surface area contributed by atoms with E-state index >= 15 is 0 Å². The third-order valence-corrected chi connectivity index (χ3v) is 4.98. The number of hydrogen-bond acceptors (Lipinski definition) is 6. The molecule has 2 rings (SSSR count). The predicted octanol–water partition coefficient (Wildman–Crippen LogP) is 3.76. The first-order chi connectivity index (χ1) is 12.5. The molecule has 0 aliphatic heterocycles. The van der Waals surface area contributed by atoms with Gasteiger partial charge in [0.1, 0.15) is 5.01 Å². The first kappa shape index (κ1) is 20.3. The van der Waals surface area contributed by atoms with Gasteiger partial charge in [-0.2, -0.15) is 0 Å². The van der Waals surface area contributed by atoms with Gasteiger partial charge in [0, 0.05) is 30.1 Å². The number of nitrogens with one attached hydrogen (secondary N) is 1. The van der Waals surface area contributed by atoms with Gasteiger partial charge >= 0.3 is 12.0 Å². The molecule has 0 aliphatic carbocycles. The summed E-state index contributed by atoms with van der Waals surface area (Å²) in [7, 11) is 2.93. The third kappa shape index (κ3) is 5.79. The number of carbonyl (C=O) groups excluding carboxylic acids is 2. The number of ether oxygens (including phenoxy) is 2. The maximum absolute atomic E-state index is 12.7. The number of halogens is 1. The van der Waals surface area contributed by atoms with Crippen molar-refractivity contribution < 1.29 is 19.1 Å². The van der Waals surface area contributed by atoms with Crippen molar-refractivity contribution in [2.24, 2.45) is 0 Å². The summed E-state index contributed by atoms with van der Waals surface area (Å²) in [4.78, 5) is 30.1. The lowest BCUT2D eigenvalue weighted by molar-refractivity contribution is 0.0594. The molecule has 0 unspecified atom stereocenters. The maximum atomic E-state index is 12.7. The van der Waals surface area contributed by atoms with E-state index in [0.717, 1.165) is 4.47 Å². The molecule has 1 aromatic heterocycles. The Balaban J connectivity index is 2.09. The van der Waals surface area contributed by atoms with Crippen LogP contribution in [-0.4, -0.2) is 49.3 Å². The van der Waals surface area contributed by atoms with E-state index < -0.39 is 5.97 Å². The monoisotopic (exact) mass is 441 g/mol. The summed E-state index contributed by atoms with van der Waals surface area (Å²) in [5.41, 5.74) is 0.930. The van der Waals surface area contributed by atoms with Gasteiger partial charge in [-0.15, -0.1) is 11.3 Å². The molecule has 2 amide bonds. The van der Waals surface area contributed by atoms with Gasteiger partial charge in [-0.3, -0.25) is 0 Å². The van der Waals surface area contributed by atoms with Crippen LogP contribution in [0.15, 0.2) is 34.1 Å². The Hall–Kier alpha value is -1.97. The number of carbonyl (C=O) groups is 2. The number of anilines is 1. The smallest absolute Gasteiger partial charge is 0.357 e. The number of methoxy groups -OCH3 is 2. The van der Waals surface area contributed by atoms with E-state index in [9.17, 15) is 9.59 Å². The zero-order valence-electron chi connectivity index (χ0n) is 14.5. The minimum absolute atomic E-state index is 0.246. The van der Waals surface area contributed by atoms with Gasteiger partial charge in [-0.05, 0) is 34.5 Å². The van der Waals surface area contributed by atoms with Gasteiger partial charge < -0.3 is 19.7 Å². The quantitative estimate of drug-likeness (QED) is 0.498. The second-order valence-electron chi connectivity index (χ2n) is 5.30. The molecular weight excluding hydrogens is 422 g/mol. The summed E-state index contributed by atoms with van der Waals surface area (Å²) in [5.74, 6) is -0.490. The summed E-state index contributed by atoms with van der Waals surface area (Å²) >= 11 is 4.73. The minimum atomic E-state index is -0.490. The second-order valence-corrected chi connectivity index (χ2v) is 7.09. The van der Waals surface area contributed by atoms with Gasteiger partial charge in [-0.1, -0.05) is 12.1 Å². The van der Waals surface area contributed by atoms with Crippen molar-refractivity contribution in [1.29, 1.82) is 0 Å². The largest absolute Gasteiger partial charge is 0.464 e. The Morgan fingerprint density at radius 1 is 1.31 bits per heavy atom. The molecular formula is C17H20BrN3O4S. The zero-order valence-corrected chi connectivity index (χ0v) is 16.9. The van der Waals surface area contributed by atoms with Gasteiger partial charge in [-0.25, -0.2) is 14.6 Å². The highest BCUT2D eigenvalue weighted by Gasteiger charge is 2.18. The van der Waals surface area contributed by atoms with E-state index in [1.165, 1.54) is 18.4 Å². The Morgan fingerprint density at radius 2 is 2.08 bits per heavy atom. The zero-order chi connectivity index (χ0) is 18.9. The molecule has 0 bridgehead atoms. The van der Waals surface area contributed by atoms with E-state index in [2.05, 4.69) is 31.0 Å². The number of amides is 2. The van der Waals surface area contributed by atoms with Crippen LogP contribution < -0.4 is 5.32 Å². The topological polar surface area (TPSA) is 80.8 Å². The minimum Gasteiger partial charge on any atom is -0.464 e. The molecule has 0 saturated heterocycles. The lowest BCUT2D eigenvalue weighted by atomic mass is 10.3. The Labute approximate surface area is 164 Å². The molecule has 0 spiro atoms. The standard InChI is InChI=1S/C17H20BrN3O4S/c1-24-9-5-8-21(10-15-19-14(11-26-15)16(22)25-2)17(23)20-13-7-4-3-6-12(13)18/h3-4,6-7,11H,5,8-10H2,1-2H3,(H,20,23). The van der Waals surface area contributed by atoms with Crippen molar-refractivity contribution in [3.8, 4) is 0 Å². The predicted molar refractivity (Wildman–Crippen MR) is 104 cm³/mol. The van der Waals surface area contributed by atoms with E-state index in [1.54, 1.807) is 17.4 Å². The van der Waals surface area contributed by atoms with Crippen molar-refractivity contribution >= 4 is 45.0 Å². The van der Waals surface area contributed by atoms with Crippen LogP contribution in [0.5, 0.6) is 0 Å². The van der Waals surface area contributed by atoms with Crippen LogP contribution in [0.1, 0.15) is 21.9 Å². The molecule has 26 heavy (non-hydrogen) atoms. The molecule has 0 fully saturated rings. The molecule has 9 heteroatoms. The van der Waals surface area contributed by atoms with Crippen molar-refractivity contribution in [3.63, 3.8) is 0 Å². The molecule has 140 valence electrons. The fourth-order valence-corrected chi connectivity index (χ4v) is 3.32. The van der Waals surface area contributed by atoms with Crippen LogP contribution in [0.25, 0.3) is 0 Å². The molecule has 0 radical (unpaired) electrons. The maximum Gasteiger partial charge on any atom is 0.357 e. The Kier molecular flexibility index (Phi) is 8.02. The summed E-state index contributed by atoms with van der Waals surface area (Å²) in [5, 5.41) is 5.17.